The summed E-state index contributed by atoms with van der Waals surface area (Å²) >= 11 is 12.0. The van der Waals surface area contributed by atoms with E-state index < -0.39 is 0 Å². The van der Waals surface area contributed by atoms with Gasteiger partial charge in [-0.3, -0.25) is 9.59 Å². The number of halogens is 2. The SMILES string of the molecule is CC1(CCC2CCC(OCC#Cc3ccc(Cl)c(Cl)c3)C3=CC(=O)C=CC32C)CCCC1=O. The lowest BCUT2D eigenvalue weighted by Gasteiger charge is -2.47. The highest BCUT2D eigenvalue weighted by Gasteiger charge is 2.46. The molecule has 2 saturated carbocycles. The molecule has 0 aliphatic heterocycles. The summed E-state index contributed by atoms with van der Waals surface area (Å²) in [5, 5.41) is 0.979. The average Bonchev–Trinajstić information content (AvgIpc) is 3.12. The third-order valence-electron chi connectivity index (χ3n) is 7.85. The summed E-state index contributed by atoms with van der Waals surface area (Å²) < 4.78 is 6.16. The minimum Gasteiger partial charge on any atom is -0.361 e. The fourth-order valence-electron chi connectivity index (χ4n) is 5.64. The Morgan fingerprint density at radius 1 is 1.15 bits per heavy atom. The maximum atomic E-state index is 12.4. The predicted octanol–water partition coefficient (Wildman–Crippen LogP) is 6.75. The molecule has 4 atom stereocenters. The zero-order chi connectivity index (χ0) is 23.6. The number of ether oxygens (including phenoxy) is 1. The number of hydrogen-bond acceptors (Lipinski definition) is 3. The van der Waals surface area contributed by atoms with Crippen LogP contribution < -0.4 is 0 Å². The van der Waals surface area contributed by atoms with Crippen molar-refractivity contribution in [1.82, 2.24) is 0 Å². The maximum absolute atomic E-state index is 12.4. The Morgan fingerprint density at radius 3 is 2.70 bits per heavy atom. The van der Waals surface area contributed by atoms with Crippen LogP contribution >= 0.6 is 23.2 Å². The highest BCUT2D eigenvalue weighted by Crippen LogP contribution is 2.52. The van der Waals surface area contributed by atoms with Crippen LogP contribution in [0.5, 0.6) is 0 Å². The lowest BCUT2D eigenvalue weighted by atomic mass is 9.59. The largest absolute Gasteiger partial charge is 0.361 e. The Balaban J connectivity index is 1.43. The summed E-state index contributed by atoms with van der Waals surface area (Å²) in [6.07, 6.45) is 11.9. The molecule has 2 fully saturated rings. The summed E-state index contributed by atoms with van der Waals surface area (Å²) in [4.78, 5) is 24.6. The van der Waals surface area contributed by atoms with Gasteiger partial charge in [0, 0.05) is 22.8 Å². The summed E-state index contributed by atoms with van der Waals surface area (Å²) in [5.41, 5.74) is 1.42. The van der Waals surface area contributed by atoms with E-state index in [9.17, 15) is 9.59 Å². The van der Waals surface area contributed by atoms with E-state index in [1.807, 2.05) is 6.07 Å². The second-order valence-corrected chi connectivity index (χ2v) is 10.8. The molecule has 174 valence electrons. The number of hydrogen-bond donors (Lipinski definition) is 0. The van der Waals surface area contributed by atoms with Gasteiger partial charge in [0.05, 0.1) is 16.1 Å². The molecule has 1 aromatic carbocycles. The van der Waals surface area contributed by atoms with Gasteiger partial charge in [0.25, 0.3) is 0 Å². The van der Waals surface area contributed by atoms with Crippen LogP contribution in [-0.2, 0) is 14.3 Å². The summed E-state index contributed by atoms with van der Waals surface area (Å²) in [5.74, 6) is 6.93. The van der Waals surface area contributed by atoms with Crippen molar-refractivity contribution in [3.8, 4) is 11.8 Å². The Kier molecular flexibility index (Phi) is 7.20. The van der Waals surface area contributed by atoms with Gasteiger partial charge in [0.15, 0.2) is 5.78 Å². The predicted molar refractivity (Wildman–Crippen MR) is 132 cm³/mol. The van der Waals surface area contributed by atoms with Crippen LogP contribution in [0, 0.1) is 28.6 Å². The van der Waals surface area contributed by atoms with Gasteiger partial charge in [0.2, 0.25) is 0 Å². The van der Waals surface area contributed by atoms with Crippen molar-refractivity contribution in [1.29, 1.82) is 0 Å². The first-order valence-corrected chi connectivity index (χ1v) is 12.5. The molecule has 0 bridgehead atoms. The average molecular weight is 485 g/mol. The summed E-state index contributed by atoms with van der Waals surface area (Å²) in [6.45, 7) is 4.61. The zero-order valence-electron chi connectivity index (χ0n) is 19.3. The van der Waals surface area contributed by atoms with Gasteiger partial charge in [-0.15, -0.1) is 0 Å². The van der Waals surface area contributed by atoms with Crippen molar-refractivity contribution in [2.24, 2.45) is 16.7 Å². The van der Waals surface area contributed by atoms with E-state index in [2.05, 4.69) is 31.8 Å². The molecule has 1 aromatic rings. The highest BCUT2D eigenvalue weighted by atomic mass is 35.5. The number of fused-ring (bicyclic) bond motifs is 1. The standard InChI is InChI=1S/C28H30Cl2O3/c1-27(13-3-6-26(27)32)14-11-20-8-10-25(22-18-21(31)12-15-28(20,22)2)33-16-4-5-19-7-9-23(29)24(30)17-19/h7,9,12,15,17-18,20,25H,3,6,8,10-11,13-14,16H2,1-2H3. The Labute approximate surface area is 206 Å². The van der Waals surface area contributed by atoms with Crippen LogP contribution in [0.1, 0.15) is 64.4 Å². The van der Waals surface area contributed by atoms with Crippen LogP contribution in [-0.4, -0.2) is 24.3 Å². The molecule has 3 aliphatic carbocycles. The molecule has 0 N–H and O–H groups in total. The minimum absolute atomic E-state index is 0.0107. The molecular weight excluding hydrogens is 455 g/mol. The Bertz CT molecular complexity index is 1080. The number of Topliss-reactive ketones (excluding diaryl/α,β-unsaturated/α-hetero) is 1. The van der Waals surface area contributed by atoms with Crippen LogP contribution in [0.15, 0.2) is 42.0 Å². The molecule has 0 heterocycles. The van der Waals surface area contributed by atoms with Crippen LogP contribution in [0.25, 0.3) is 0 Å². The van der Waals surface area contributed by atoms with Crippen molar-refractivity contribution in [2.45, 2.75) is 64.9 Å². The number of benzene rings is 1. The minimum atomic E-state index is -0.230. The van der Waals surface area contributed by atoms with Crippen LogP contribution in [0.2, 0.25) is 10.0 Å². The second-order valence-electron chi connectivity index (χ2n) is 10.00. The molecule has 0 spiro atoms. The third kappa shape index (κ3) is 5.14. The number of allylic oxidation sites excluding steroid dienone is 3. The van der Waals surface area contributed by atoms with Gasteiger partial charge < -0.3 is 4.74 Å². The van der Waals surface area contributed by atoms with E-state index in [-0.39, 0.29) is 29.3 Å². The number of carbonyl (C=O) groups is 2. The van der Waals surface area contributed by atoms with Gasteiger partial charge >= 0.3 is 0 Å². The second kappa shape index (κ2) is 9.79. The monoisotopic (exact) mass is 484 g/mol. The molecule has 0 radical (unpaired) electrons. The fraction of sp³-hybridized carbons (Fsp3) is 0.500. The van der Waals surface area contributed by atoms with Crippen molar-refractivity contribution >= 4 is 34.8 Å². The van der Waals surface area contributed by atoms with Crippen LogP contribution in [0.3, 0.4) is 0 Å². The first-order chi connectivity index (χ1) is 15.7. The first kappa shape index (κ1) is 24.3. The van der Waals surface area contributed by atoms with Gasteiger partial charge in [0.1, 0.15) is 12.4 Å². The highest BCUT2D eigenvalue weighted by molar-refractivity contribution is 6.42. The molecule has 0 aromatic heterocycles. The van der Waals surface area contributed by atoms with Crippen molar-refractivity contribution in [2.75, 3.05) is 6.61 Å². The van der Waals surface area contributed by atoms with E-state index in [4.69, 9.17) is 27.9 Å². The van der Waals surface area contributed by atoms with Crippen molar-refractivity contribution < 1.29 is 14.3 Å². The third-order valence-corrected chi connectivity index (χ3v) is 8.58. The molecule has 33 heavy (non-hydrogen) atoms. The first-order valence-electron chi connectivity index (χ1n) is 11.8. The fourth-order valence-corrected chi connectivity index (χ4v) is 5.94. The molecule has 4 unspecified atom stereocenters. The maximum Gasteiger partial charge on any atom is 0.178 e. The molecule has 5 heteroatoms. The smallest absolute Gasteiger partial charge is 0.178 e. The lowest BCUT2D eigenvalue weighted by molar-refractivity contribution is -0.125. The van der Waals surface area contributed by atoms with Gasteiger partial charge in [-0.05, 0) is 80.4 Å². The Hall–Kier alpha value is -1.86. The number of ketones is 2. The molecule has 0 saturated heterocycles. The van der Waals surface area contributed by atoms with Gasteiger partial charge in [-0.25, -0.2) is 0 Å². The number of carbonyl (C=O) groups excluding carboxylic acids is 2. The van der Waals surface area contributed by atoms with E-state index in [0.29, 0.717) is 21.7 Å². The van der Waals surface area contributed by atoms with Gasteiger partial charge in [-0.2, -0.15) is 0 Å². The normalized spacial score (nSPS) is 31.1. The van der Waals surface area contributed by atoms with Crippen molar-refractivity contribution in [3.63, 3.8) is 0 Å². The molecule has 4 rings (SSSR count). The summed E-state index contributed by atoms with van der Waals surface area (Å²) in [6, 6.07) is 5.29. The van der Waals surface area contributed by atoms with E-state index in [1.54, 1.807) is 24.3 Å². The topological polar surface area (TPSA) is 43.4 Å². The zero-order valence-corrected chi connectivity index (χ0v) is 20.8. The molecule has 3 aliphatic rings. The Morgan fingerprint density at radius 2 is 1.97 bits per heavy atom. The summed E-state index contributed by atoms with van der Waals surface area (Å²) in [7, 11) is 0. The van der Waals surface area contributed by atoms with E-state index >= 15 is 0 Å². The quantitative estimate of drug-likeness (QED) is 0.434. The molecular formula is C28H30Cl2O3. The lowest BCUT2D eigenvalue weighted by Crippen LogP contribution is -2.42. The molecule has 0 amide bonds. The number of rotatable bonds is 5. The van der Waals surface area contributed by atoms with Gasteiger partial charge in [-0.1, -0.05) is 55.0 Å². The molecule has 3 nitrogen and oxygen atoms in total. The van der Waals surface area contributed by atoms with Crippen LogP contribution in [0.4, 0.5) is 0 Å². The van der Waals surface area contributed by atoms with E-state index in [0.717, 1.165) is 56.1 Å². The van der Waals surface area contributed by atoms with Crippen molar-refractivity contribution in [3.05, 3.63) is 57.6 Å². The van der Waals surface area contributed by atoms with E-state index in [1.165, 1.54) is 0 Å².